The van der Waals surface area contributed by atoms with Gasteiger partial charge in [-0.15, -0.1) is 34.2 Å². The normalized spacial score (nSPS) is 11.2. The molecule has 0 unspecified atom stereocenters. The van der Waals surface area contributed by atoms with E-state index in [1.54, 1.807) is 7.11 Å². The topological polar surface area (TPSA) is 75.8 Å². The molecule has 3 rings (SSSR count). The number of methoxy groups -OCH3 is 1. The van der Waals surface area contributed by atoms with Gasteiger partial charge in [-0.25, -0.2) is 4.99 Å². The fourth-order valence-electron chi connectivity index (χ4n) is 2.84. The van der Waals surface area contributed by atoms with Gasteiger partial charge in [0.2, 0.25) is 0 Å². The number of halogens is 1. The Kier molecular flexibility index (Phi) is 8.49. The van der Waals surface area contributed by atoms with Crippen molar-refractivity contribution in [3.63, 3.8) is 0 Å². The number of hydrogen-bond acceptors (Lipinski definition) is 4. The zero-order chi connectivity index (χ0) is 19.1. The molecule has 0 bridgehead atoms. The molecular weight excluding hydrogens is 467 g/mol. The number of nitrogens with one attached hydrogen (secondary N) is 2. The van der Waals surface area contributed by atoms with Crippen molar-refractivity contribution < 1.29 is 4.74 Å². The van der Waals surface area contributed by atoms with Gasteiger partial charge in [-0.1, -0.05) is 18.2 Å². The van der Waals surface area contributed by atoms with Crippen LogP contribution in [0.25, 0.3) is 5.65 Å². The number of fused-ring (bicyclic) bond motifs is 1. The van der Waals surface area contributed by atoms with E-state index >= 15 is 0 Å². The number of rotatable bonds is 7. The highest BCUT2D eigenvalue weighted by Gasteiger charge is 2.06. The Hall–Kier alpha value is -2.36. The summed E-state index contributed by atoms with van der Waals surface area (Å²) < 4.78 is 7.46. The Balaban J connectivity index is 0.00000280. The largest absolute Gasteiger partial charge is 0.496 e. The molecule has 0 aliphatic carbocycles. The lowest BCUT2D eigenvalue weighted by molar-refractivity contribution is 0.409. The van der Waals surface area contributed by atoms with E-state index in [1.165, 1.54) is 5.56 Å². The number of aliphatic imine (C=N–C) groups is 1. The van der Waals surface area contributed by atoms with Gasteiger partial charge >= 0.3 is 0 Å². The first-order valence-electron chi connectivity index (χ1n) is 9.15. The maximum Gasteiger partial charge on any atom is 0.191 e. The zero-order valence-corrected chi connectivity index (χ0v) is 18.8. The van der Waals surface area contributed by atoms with Crippen LogP contribution in [0.4, 0.5) is 0 Å². The maximum absolute atomic E-state index is 5.46. The Morgan fingerprint density at radius 3 is 2.82 bits per heavy atom. The first kappa shape index (κ1) is 21.9. The number of ether oxygens (including phenoxy) is 1. The van der Waals surface area contributed by atoms with Crippen LogP contribution < -0.4 is 15.4 Å². The van der Waals surface area contributed by atoms with E-state index in [0.29, 0.717) is 13.1 Å². The van der Waals surface area contributed by atoms with Crippen molar-refractivity contribution in [2.75, 3.05) is 20.2 Å². The number of aryl methyl sites for hydroxylation is 1. The Labute approximate surface area is 182 Å². The van der Waals surface area contributed by atoms with Crippen LogP contribution in [-0.4, -0.2) is 40.8 Å². The monoisotopic (exact) mass is 494 g/mol. The Morgan fingerprint density at radius 2 is 2.04 bits per heavy atom. The summed E-state index contributed by atoms with van der Waals surface area (Å²) in [4.78, 5) is 4.67. The van der Waals surface area contributed by atoms with E-state index in [4.69, 9.17) is 4.74 Å². The molecule has 0 saturated heterocycles. The number of aromatic nitrogens is 3. The van der Waals surface area contributed by atoms with Gasteiger partial charge in [0.1, 0.15) is 11.6 Å². The summed E-state index contributed by atoms with van der Waals surface area (Å²) in [7, 11) is 1.69. The van der Waals surface area contributed by atoms with Crippen molar-refractivity contribution in [1.29, 1.82) is 0 Å². The molecule has 0 spiro atoms. The highest BCUT2D eigenvalue weighted by Crippen LogP contribution is 2.20. The summed E-state index contributed by atoms with van der Waals surface area (Å²) in [5.41, 5.74) is 3.09. The summed E-state index contributed by atoms with van der Waals surface area (Å²) >= 11 is 0. The van der Waals surface area contributed by atoms with Crippen LogP contribution in [0.3, 0.4) is 0 Å². The van der Waals surface area contributed by atoms with E-state index in [2.05, 4.69) is 51.8 Å². The van der Waals surface area contributed by atoms with Gasteiger partial charge in [0.25, 0.3) is 0 Å². The molecule has 7 nitrogen and oxygen atoms in total. The van der Waals surface area contributed by atoms with Crippen molar-refractivity contribution in [3.05, 3.63) is 59.5 Å². The summed E-state index contributed by atoms with van der Waals surface area (Å²) in [6.45, 7) is 6.16. The second kappa shape index (κ2) is 10.8. The molecule has 0 fully saturated rings. The summed E-state index contributed by atoms with van der Waals surface area (Å²) in [6, 6.07) is 12.1. The minimum atomic E-state index is 0. The average Bonchev–Trinajstić information content (AvgIpc) is 3.10. The molecule has 8 heteroatoms. The second-order valence-corrected chi connectivity index (χ2v) is 6.23. The van der Waals surface area contributed by atoms with Crippen molar-refractivity contribution in [2.24, 2.45) is 4.99 Å². The van der Waals surface area contributed by atoms with Gasteiger partial charge in [0.15, 0.2) is 11.6 Å². The van der Waals surface area contributed by atoms with Crippen LogP contribution in [0.2, 0.25) is 0 Å². The van der Waals surface area contributed by atoms with Crippen molar-refractivity contribution in [3.8, 4) is 5.75 Å². The van der Waals surface area contributed by atoms with E-state index < -0.39 is 0 Å². The lowest BCUT2D eigenvalue weighted by Crippen LogP contribution is -2.38. The molecule has 2 N–H and O–H groups in total. The van der Waals surface area contributed by atoms with E-state index in [1.807, 2.05) is 34.9 Å². The van der Waals surface area contributed by atoms with Crippen LogP contribution in [0.1, 0.15) is 23.9 Å². The Morgan fingerprint density at radius 1 is 1.18 bits per heavy atom. The predicted molar refractivity (Wildman–Crippen MR) is 123 cm³/mol. The number of guanidine groups is 1. The minimum Gasteiger partial charge on any atom is -0.496 e. The number of nitrogens with zero attached hydrogens (tertiary/aromatic N) is 4. The molecule has 0 radical (unpaired) electrons. The summed E-state index contributed by atoms with van der Waals surface area (Å²) in [6.07, 6.45) is 2.73. The molecule has 2 aromatic heterocycles. The molecule has 0 aliphatic heterocycles. The van der Waals surface area contributed by atoms with Gasteiger partial charge in [0, 0.05) is 31.3 Å². The first-order chi connectivity index (χ1) is 13.2. The van der Waals surface area contributed by atoms with E-state index in [-0.39, 0.29) is 24.0 Å². The molecule has 1 aromatic carbocycles. The van der Waals surface area contributed by atoms with Crippen LogP contribution in [0.15, 0.2) is 47.6 Å². The highest BCUT2D eigenvalue weighted by molar-refractivity contribution is 14.0. The lowest BCUT2D eigenvalue weighted by atomic mass is 10.1. The third-order valence-electron chi connectivity index (χ3n) is 4.22. The van der Waals surface area contributed by atoms with E-state index in [0.717, 1.165) is 41.7 Å². The molecule has 2 heterocycles. The van der Waals surface area contributed by atoms with Gasteiger partial charge in [-0.05, 0) is 37.6 Å². The number of hydrogen-bond donors (Lipinski definition) is 2. The molecule has 3 aromatic rings. The quantitative estimate of drug-likeness (QED) is 0.300. The second-order valence-electron chi connectivity index (χ2n) is 6.23. The van der Waals surface area contributed by atoms with E-state index in [9.17, 15) is 0 Å². The van der Waals surface area contributed by atoms with Crippen LogP contribution >= 0.6 is 24.0 Å². The van der Waals surface area contributed by atoms with Crippen molar-refractivity contribution >= 4 is 35.6 Å². The predicted octanol–water partition coefficient (Wildman–Crippen LogP) is 2.96. The SMILES string of the molecule is CCNC(=NCc1ccc(C)cc1OC)NCCc1nnc2ccccn12.I. The van der Waals surface area contributed by atoms with Gasteiger partial charge in [-0.3, -0.25) is 4.40 Å². The first-order valence-corrected chi connectivity index (χ1v) is 9.15. The van der Waals surface area contributed by atoms with Gasteiger partial charge < -0.3 is 15.4 Å². The van der Waals surface area contributed by atoms with Crippen molar-refractivity contribution in [2.45, 2.75) is 26.8 Å². The molecule has 28 heavy (non-hydrogen) atoms. The van der Waals surface area contributed by atoms with Crippen LogP contribution in [-0.2, 0) is 13.0 Å². The molecule has 0 atom stereocenters. The summed E-state index contributed by atoms with van der Waals surface area (Å²) in [5, 5.41) is 15.1. The minimum absolute atomic E-state index is 0. The van der Waals surface area contributed by atoms with Crippen LogP contribution in [0, 0.1) is 6.92 Å². The lowest BCUT2D eigenvalue weighted by Gasteiger charge is -2.12. The third-order valence-corrected chi connectivity index (χ3v) is 4.22. The molecular formula is C20H27IN6O. The molecule has 0 saturated carbocycles. The van der Waals surface area contributed by atoms with Gasteiger partial charge in [0.05, 0.1) is 13.7 Å². The molecule has 0 amide bonds. The van der Waals surface area contributed by atoms with Crippen LogP contribution in [0.5, 0.6) is 5.75 Å². The highest BCUT2D eigenvalue weighted by atomic mass is 127. The summed E-state index contributed by atoms with van der Waals surface area (Å²) in [5.74, 6) is 2.56. The molecule has 0 aliphatic rings. The molecule has 150 valence electrons. The average molecular weight is 494 g/mol. The Bertz CT molecular complexity index is 924. The smallest absolute Gasteiger partial charge is 0.191 e. The zero-order valence-electron chi connectivity index (χ0n) is 16.5. The van der Waals surface area contributed by atoms with Crippen molar-refractivity contribution in [1.82, 2.24) is 25.2 Å². The fraction of sp³-hybridized carbons (Fsp3) is 0.350. The third kappa shape index (κ3) is 5.57. The number of benzene rings is 1. The fourth-order valence-corrected chi connectivity index (χ4v) is 2.84. The number of pyridine rings is 1. The van der Waals surface area contributed by atoms with Gasteiger partial charge in [-0.2, -0.15) is 0 Å². The standard InChI is InChI=1S/C20H26N6O.HI/c1-4-21-20(23-14-16-9-8-15(2)13-17(16)27-3)22-11-10-19-25-24-18-7-5-6-12-26(18)19;/h5-9,12-13H,4,10-11,14H2,1-3H3,(H2,21,22,23);1H. The maximum atomic E-state index is 5.46.